The van der Waals surface area contributed by atoms with Gasteiger partial charge in [-0.3, -0.25) is 10.1 Å². The number of nitriles is 1. The van der Waals surface area contributed by atoms with E-state index in [1.165, 1.54) is 29.5 Å². The summed E-state index contributed by atoms with van der Waals surface area (Å²) in [7, 11) is 0. The van der Waals surface area contributed by atoms with Gasteiger partial charge < -0.3 is 5.11 Å². The molecule has 0 radical (unpaired) electrons. The monoisotopic (exact) mass is 271 g/mol. The number of nitrogens with one attached hydrogen (secondary N) is 1. The van der Waals surface area contributed by atoms with Gasteiger partial charge in [-0.05, 0) is 23.8 Å². The van der Waals surface area contributed by atoms with Crippen LogP contribution in [0.3, 0.4) is 0 Å². The zero-order chi connectivity index (χ0) is 13.7. The maximum absolute atomic E-state index is 11.8. The third kappa shape index (κ3) is 3.40. The van der Waals surface area contributed by atoms with Gasteiger partial charge in [-0.25, -0.2) is 4.98 Å². The first-order valence-corrected chi connectivity index (χ1v) is 6.18. The third-order valence-electron chi connectivity index (χ3n) is 2.22. The van der Waals surface area contributed by atoms with Gasteiger partial charge in [0.25, 0.3) is 5.91 Å². The maximum atomic E-state index is 11.8. The van der Waals surface area contributed by atoms with Gasteiger partial charge in [0, 0.05) is 11.6 Å². The topological polar surface area (TPSA) is 86.0 Å². The van der Waals surface area contributed by atoms with E-state index in [0.717, 1.165) is 0 Å². The maximum Gasteiger partial charge on any atom is 0.268 e. The minimum atomic E-state index is -0.509. The number of thiazole rings is 1. The molecule has 1 heterocycles. The molecule has 94 valence electrons. The van der Waals surface area contributed by atoms with Crippen molar-refractivity contribution in [3.05, 3.63) is 47.0 Å². The fourth-order valence-electron chi connectivity index (χ4n) is 1.34. The molecule has 1 aromatic carbocycles. The molecule has 6 heteroatoms. The Hall–Kier alpha value is -2.65. The summed E-state index contributed by atoms with van der Waals surface area (Å²) >= 11 is 1.27. The van der Waals surface area contributed by atoms with E-state index in [-0.39, 0.29) is 11.3 Å². The molecule has 0 aliphatic rings. The van der Waals surface area contributed by atoms with Gasteiger partial charge in [-0.15, -0.1) is 11.3 Å². The number of phenolic OH excluding ortho intramolecular Hbond substituents is 1. The van der Waals surface area contributed by atoms with Gasteiger partial charge in [0.1, 0.15) is 17.4 Å². The highest BCUT2D eigenvalue weighted by atomic mass is 32.1. The lowest BCUT2D eigenvalue weighted by molar-refractivity contribution is -0.112. The number of anilines is 1. The summed E-state index contributed by atoms with van der Waals surface area (Å²) in [5, 5.41) is 22.9. The summed E-state index contributed by atoms with van der Waals surface area (Å²) in [6.45, 7) is 0. The predicted octanol–water partition coefficient (Wildman–Crippen LogP) is 2.39. The second kappa shape index (κ2) is 5.80. The van der Waals surface area contributed by atoms with Crippen LogP contribution < -0.4 is 5.32 Å². The first-order chi connectivity index (χ1) is 9.19. The minimum absolute atomic E-state index is 0.0270. The molecule has 19 heavy (non-hydrogen) atoms. The van der Waals surface area contributed by atoms with Crippen molar-refractivity contribution in [2.45, 2.75) is 0 Å². The van der Waals surface area contributed by atoms with Crippen LogP contribution in [0.2, 0.25) is 0 Å². The molecule has 2 aromatic rings. The Morgan fingerprint density at radius 2 is 2.16 bits per heavy atom. The largest absolute Gasteiger partial charge is 0.508 e. The van der Waals surface area contributed by atoms with E-state index in [1.807, 2.05) is 6.07 Å². The number of benzene rings is 1. The van der Waals surface area contributed by atoms with Crippen LogP contribution in [-0.4, -0.2) is 16.0 Å². The van der Waals surface area contributed by atoms with Crippen molar-refractivity contribution in [3.8, 4) is 11.8 Å². The molecule has 1 amide bonds. The van der Waals surface area contributed by atoms with Crippen LogP contribution in [0.25, 0.3) is 6.08 Å². The highest BCUT2D eigenvalue weighted by molar-refractivity contribution is 7.13. The molecule has 0 aliphatic heterocycles. The van der Waals surface area contributed by atoms with Crippen molar-refractivity contribution in [2.24, 2.45) is 0 Å². The highest BCUT2D eigenvalue weighted by Gasteiger charge is 2.10. The lowest BCUT2D eigenvalue weighted by atomic mass is 10.1. The molecule has 0 aliphatic carbocycles. The van der Waals surface area contributed by atoms with Gasteiger partial charge in [-0.2, -0.15) is 5.26 Å². The van der Waals surface area contributed by atoms with Gasteiger partial charge in [-0.1, -0.05) is 12.1 Å². The van der Waals surface area contributed by atoms with Gasteiger partial charge in [0.05, 0.1) is 0 Å². The zero-order valence-corrected chi connectivity index (χ0v) is 10.5. The van der Waals surface area contributed by atoms with Crippen molar-refractivity contribution in [3.63, 3.8) is 0 Å². The molecular formula is C13H9N3O2S. The Balaban J connectivity index is 2.17. The summed E-state index contributed by atoms with van der Waals surface area (Å²) in [4.78, 5) is 15.7. The van der Waals surface area contributed by atoms with Gasteiger partial charge in [0.15, 0.2) is 5.13 Å². The van der Waals surface area contributed by atoms with Crippen molar-refractivity contribution < 1.29 is 9.90 Å². The second-order valence-corrected chi connectivity index (χ2v) is 4.45. The molecule has 0 atom stereocenters. The van der Waals surface area contributed by atoms with E-state index in [4.69, 9.17) is 10.4 Å². The van der Waals surface area contributed by atoms with Crippen LogP contribution in [0.5, 0.6) is 5.75 Å². The lowest BCUT2D eigenvalue weighted by Gasteiger charge is -2.00. The highest BCUT2D eigenvalue weighted by Crippen LogP contribution is 2.15. The number of amides is 1. The molecule has 1 aromatic heterocycles. The molecule has 0 unspecified atom stereocenters. The molecule has 0 saturated carbocycles. The summed E-state index contributed by atoms with van der Waals surface area (Å²) in [6, 6.07) is 8.04. The first kappa shape index (κ1) is 12.8. The number of hydrogen-bond donors (Lipinski definition) is 2. The van der Waals surface area contributed by atoms with Crippen molar-refractivity contribution in [2.75, 3.05) is 5.32 Å². The fraction of sp³-hybridized carbons (Fsp3) is 0. The van der Waals surface area contributed by atoms with Crippen LogP contribution in [0.1, 0.15) is 5.56 Å². The van der Waals surface area contributed by atoms with E-state index in [1.54, 1.807) is 23.7 Å². The fourth-order valence-corrected chi connectivity index (χ4v) is 1.86. The molecule has 0 bridgehead atoms. The summed E-state index contributed by atoms with van der Waals surface area (Å²) in [6.07, 6.45) is 3.01. The van der Waals surface area contributed by atoms with Crippen molar-refractivity contribution in [1.82, 2.24) is 4.98 Å². The third-order valence-corrected chi connectivity index (χ3v) is 2.91. The average molecular weight is 271 g/mol. The summed E-state index contributed by atoms with van der Waals surface area (Å²) < 4.78 is 0. The Morgan fingerprint density at radius 3 is 2.74 bits per heavy atom. The standard InChI is InChI=1S/C13H9N3O2S/c14-8-10(7-9-1-3-11(17)4-2-9)12(18)16-13-15-5-6-19-13/h1-7,17H,(H,15,16,18)/b10-7+. The van der Waals surface area contributed by atoms with Crippen LogP contribution in [0, 0.1) is 11.3 Å². The number of aromatic nitrogens is 1. The SMILES string of the molecule is N#C/C(=C\c1ccc(O)cc1)C(=O)Nc1nccs1. The Labute approximate surface area is 113 Å². The van der Waals surface area contributed by atoms with Crippen molar-refractivity contribution >= 4 is 28.5 Å². The van der Waals surface area contributed by atoms with Crippen LogP contribution >= 0.6 is 11.3 Å². The Morgan fingerprint density at radius 1 is 1.42 bits per heavy atom. The summed E-state index contributed by atoms with van der Waals surface area (Å²) in [5.74, 6) is -0.381. The van der Waals surface area contributed by atoms with E-state index in [9.17, 15) is 4.79 Å². The molecule has 5 nitrogen and oxygen atoms in total. The average Bonchev–Trinajstić information content (AvgIpc) is 2.90. The number of rotatable bonds is 3. The first-order valence-electron chi connectivity index (χ1n) is 5.31. The van der Waals surface area contributed by atoms with Crippen LogP contribution in [-0.2, 0) is 4.79 Å². The minimum Gasteiger partial charge on any atom is -0.508 e. The number of nitrogens with zero attached hydrogens (tertiary/aromatic N) is 2. The zero-order valence-electron chi connectivity index (χ0n) is 9.70. The van der Waals surface area contributed by atoms with E-state index < -0.39 is 5.91 Å². The van der Waals surface area contributed by atoms with Gasteiger partial charge >= 0.3 is 0 Å². The quantitative estimate of drug-likeness (QED) is 0.663. The van der Waals surface area contributed by atoms with E-state index >= 15 is 0 Å². The van der Waals surface area contributed by atoms with Crippen LogP contribution in [0.15, 0.2) is 41.4 Å². The number of phenols is 1. The number of aromatic hydroxyl groups is 1. The Bertz CT molecular complexity index is 640. The smallest absolute Gasteiger partial charge is 0.268 e. The number of hydrogen-bond acceptors (Lipinski definition) is 5. The predicted molar refractivity (Wildman–Crippen MR) is 72.4 cm³/mol. The van der Waals surface area contributed by atoms with Crippen molar-refractivity contribution in [1.29, 1.82) is 5.26 Å². The van der Waals surface area contributed by atoms with E-state index in [0.29, 0.717) is 10.7 Å². The van der Waals surface area contributed by atoms with E-state index in [2.05, 4.69) is 10.3 Å². The molecule has 0 fully saturated rings. The number of carbonyl (C=O) groups excluding carboxylic acids is 1. The molecule has 0 saturated heterocycles. The van der Waals surface area contributed by atoms with Gasteiger partial charge in [0.2, 0.25) is 0 Å². The molecule has 0 spiro atoms. The Kier molecular flexibility index (Phi) is 3.90. The molecule has 2 rings (SSSR count). The second-order valence-electron chi connectivity index (χ2n) is 3.55. The summed E-state index contributed by atoms with van der Waals surface area (Å²) in [5.41, 5.74) is 0.629. The molecular weight excluding hydrogens is 262 g/mol. The molecule has 2 N–H and O–H groups in total. The van der Waals surface area contributed by atoms with Crippen LogP contribution in [0.4, 0.5) is 5.13 Å². The number of carbonyl (C=O) groups is 1. The normalized spacial score (nSPS) is 10.8. The lowest BCUT2D eigenvalue weighted by Crippen LogP contribution is -2.13.